The molecule has 0 saturated carbocycles. The summed E-state index contributed by atoms with van der Waals surface area (Å²) in [5.74, 6) is 0.931. The number of nitrogens with zero attached hydrogens (tertiary/aromatic N) is 4. The Morgan fingerprint density at radius 3 is 1.17 bits per heavy atom. The summed E-state index contributed by atoms with van der Waals surface area (Å²) in [6.45, 7) is 29.6. The van der Waals surface area contributed by atoms with Crippen LogP contribution in [0.4, 0.5) is 22.7 Å². The van der Waals surface area contributed by atoms with Crippen LogP contribution in [0.25, 0.3) is 5.32 Å². The minimum atomic E-state index is -0.364. The molecule has 0 saturated heterocycles. The van der Waals surface area contributed by atoms with E-state index < -0.39 is 0 Å². The number of fused-ring (bicyclic) bond motifs is 2. The third-order valence-corrected chi connectivity index (χ3v) is 12.8. The van der Waals surface area contributed by atoms with E-state index in [-0.39, 0.29) is 49.5 Å². The van der Waals surface area contributed by atoms with E-state index in [4.69, 9.17) is 10.4 Å². The van der Waals surface area contributed by atoms with E-state index in [1.54, 1.807) is 0 Å². The van der Waals surface area contributed by atoms with E-state index in [0.29, 0.717) is 0 Å². The topological polar surface area (TPSA) is 32.9 Å². The van der Waals surface area contributed by atoms with Crippen LogP contribution >= 0.6 is 0 Å². The third-order valence-electron chi connectivity index (χ3n) is 12.8. The third kappa shape index (κ3) is 9.74. The van der Waals surface area contributed by atoms with Crippen molar-refractivity contribution >= 4 is 28.6 Å². The summed E-state index contributed by atoms with van der Waals surface area (Å²) in [5, 5.41) is 12.3. The summed E-state index contributed by atoms with van der Waals surface area (Å²) in [5.41, 5.74) is 15.4. The predicted octanol–water partition coefficient (Wildman–Crippen LogP) is 16.4. The largest absolute Gasteiger partial charge is 0.657 e. The van der Waals surface area contributed by atoms with Crippen molar-refractivity contribution in [1.29, 1.82) is 0 Å². The molecule has 2 heterocycles. The second-order valence-corrected chi connectivity index (χ2v) is 21.8. The number of hydrogen-bond acceptors (Lipinski definition) is 3. The van der Waals surface area contributed by atoms with Crippen molar-refractivity contribution < 1.29 is 22.4 Å². The molecule has 9 rings (SSSR count). The van der Waals surface area contributed by atoms with Gasteiger partial charge in [0, 0.05) is 39.3 Å². The van der Waals surface area contributed by atoms with E-state index in [1.165, 1.54) is 44.5 Å². The van der Waals surface area contributed by atoms with Crippen LogP contribution in [0, 0.1) is 6.67 Å². The number of hydrogen-bond donors (Lipinski definition) is 0. The van der Waals surface area contributed by atoms with E-state index in [2.05, 4.69) is 276 Å². The first-order valence-corrected chi connectivity index (χ1v) is 23.2. The zero-order chi connectivity index (χ0) is 46.4. The molecule has 66 heavy (non-hydrogen) atoms. The van der Waals surface area contributed by atoms with Gasteiger partial charge in [-0.25, -0.2) is 0 Å². The van der Waals surface area contributed by atoms with E-state index in [9.17, 15) is 0 Å². The molecule has 0 amide bonds. The Kier molecular flexibility index (Phi) is 13.6. The second-order valence-electron chi connectivity index (χ2n) is 21.8. The maximum Gasteiger partial charge on any atom is 0.129 e. The van der Waals surface area contributed by atoms with Gasteiger partial charge in [-0.3, -0.25) is 0 Å². The molecule has 0 atom stereocenters. The number of anilines is 2. The summed E-state index contributed by atoms with van der Waals surface area (Å²) in [6, 6.07) is 63.1. The Bertz CT molecular complexity index is 2650. The molecule has 0 unspecified atom stereocenters. The Balaban J connectivity index is 0.000000207. The molecule has 0 fully saturated rings. The molecule has 343 valence electrons. The zero-order valence-electron chi connectivity index (χ0n) is 40.9. The van der Waals surface area contributed by atoms with Gasteiger partial charge in [0.2, 0.25) is 0 Å². The fourth-order valence-electron chi connectivity index (χ4n) is 8.88. The van der Waals surface area contributed by atoms with Gasteiger partial charge in [0.05, 0.1) is 5.41 Å². The maximum absolute atomic E-state index is 5.24. The Hall–Kier alpha value is -5.65. The van der Waals surface area contributed by atoms with Gasteiger partial charge in [-0.05, 0) is 90.4 Å². The predicted molar refractivity (Wildman–Crippen MR) is 277 cm³/mol. The molecule has 0 bridgehead atoms. The van der Waals surface area contributed by atoms with Gasteiger partial charge >= 0.3 is 0 Å². The zero-order valence-corrected chi connectivity index (χ0v) is 43.1. The molecule has 4 nitrogen and oxygen atoms in total. The molecule has 2 aliphatic heterocycles. The van der Waals surface area contributed by atoms with Gasteiger partial charge in [-0.2, -0.15) is 5.10 Å². The number of para-hydroxylation sites is 2. The number of amidine groups is 1. The summed E-state index contributed by atoms with van der Waals surface area (Å²) in [6.07, 6.45) is 0. The molecular weight excluding hydrogens is 986 g/mol. The fraction of sp³-hybridized carbons (Fsp3) is 0.279. The van der Waals surface area contributed by atoms with Crippen molar-refractivity contribution in [3.63, 3.8) is 0 Å². The number of rotatable bonds is 5. The van der Waals surface area contributed by atoms with Crippen LogP contribution in [0.2, 0.25) is 0 Å². The molecule has 0 aromatic heterocycles. The van der Waals surface area contributed by atoms with Crippen LogP contribution in [-0.4, -0.2) is 5.84 Å². The molecular formula is C61H66AuN4-2. The first-order chi connectivity index (χ1) is 30.7. The summed E-state index contributed by atoms with van der Waals surface area (Å²) in [7, 11) is 0. The number of hydrazone groups is 1. The minimum absolute atomic E-state index is 0. The molecule has 0 spiro atoms. The van der Waals surface area contributed by atoms with E-state index in [1.807, 2.05) is 0 Å². The van der Waals surface area contributed by atoms with Gasteiger partial charge in [0.1, 0.15) is 5.84 Å². The van der Waals surface area contributed by atoms with Crippen LogP contribution in [0.5, 0.6) is 0 Å². The fourth-order valence-corrected chi connectivity index (χ4v) is 8.88. The Morgan fingerprint density at radius 2 is 0.773 bits per heavy atom. The van der Waals surface area contributed by atoms with Crippen LogP contribution in [0.1, 0.15) is 133 Å². The van der Waals surface area contributed by atoms with Crippen molar-refractivity contribution in [2.75, 3.05) is 9.91 Å². The number of benzene rings is 7. The van der Waals surface area contributed by atoms with Crippen molar-refractivity contribution in [1.82, 2.24) is 0 Å². The summed E-state index contributed by atoms with van der Waals surface area (Å²) >= 11 is 0. The van der Waals surface area contributed by atoms with Gasteiger partial charge in [-0.1, -0.05) is 235 Å². The minimum Gasteiger partial charge on any atom is -0.657 e. The quantitative estimate of drug-likeness (QED) is 0.127. The first-order valence-electron chi connectivity index (χ1n) is 23.2. The van der Waals surface area contributed by atoms with Gasteiger partial charge in [0.15, 0.2) is 0 Å². The van der Waals surface area contributed by atoms with Gasteiger partial charge in [-0.15, -0.1) is 18.0 Å². The Labute approximate surface area is 411 Å². The summed E-state index contributed by atoms with van der Waals surface area (Å²) < 4.78 is 0. The molecule has 0 aliphatic carbocycles. The van der Waals surface area contributed by atoms with Crippen molar-refractivity contribution in [3.05, 3.63) is 238 Å². The Morgan fingerprint density at radius 1 is 0.424 bits per heavy atom. The standard InChI is InChI=1S/C36H48N3.C25H18N.Au/c1-33(2,3)26-18-27(34(4,5)6)21-30(20-26)38-24-39(37-32(38)25-16-14-13-15-17-25)31-22-28(35(7,8)9)19-29(23-31)36(10,11)12;1-3-11-19(12-4-1)25(20-13-5-2-6-14-20)21-15-7-9-17-23(21)26-24-18-10-8-16-22(24)25;/h13-24H,1-12H3;1-18H;/q2*-1;. The van der Waals surface area contributed by atoms with Crippen molar-refractivity contribution in [3.8, 4) is 0 Å². The van der Waals surface area contributed by atoms with Crippen molar-refractivity contribution in [2.45, 2.75) is 110 Å². The molecule has 0 N–H and O–H groups in total. The first kappa shape index (κ1) is 48.3. The average molecular weight is 1050 g/mol. The normalized spacial score (nSPS) is 14.5. The summed E-state index contributed by atoms with van der Waals surface area (Å²) in [4.78, 5) is 2.26. The molecule has 7 aromatic rings. The van der Waals surface area contributed by atoms with Crippen molar-refractivity contribution in [2.24, 2.45) is 5.10 Å². The molecule has 1 radical (unpaired) electrons. The SMILES string of the molecule is CC(C)(C)c1cc(N2[CH-]N(c3cc(C(C)(C)C)cc(C(C)(C)C)c3)C(c3ccccc3)=N2)cc(C(C)(C)C)c1.[Au].c1ccc(C2(c3ccccc3)c3ccccc3[N-]c3ccccc32)cc1. The van der Waals surface area contributed by atoms with E-state index in [0.717, 1.165) is 34.1 Å². The molecule has 7 aromatic carbocycles. The molecule has 2 aliphatic rings. The van der Waals surface area contributed by atoms with E-state index >= 15 is 0 Å². The van der Waals surface area contributed by atoms with Crippen LogP contribution < -0.4 is 9.91 Å². The second kappa shape index (κ2) is 18.6. The average Bonchev–Trinajstić information content (AvgIpc) is 3.74. The van der Waals surface area contributed by atoms with Gasteiger partial charge < -0.3 is 15.2 Å². The monoisotopic (exact) mass is 1050 g/mol. The smallest absolute Gasteiger partial charge is 0.129 e. The van der Waals surface area contributed by atoms with Crippen LogP contribution in [0.3, 0.4) is 0 Å². The molecule has 5 heteroatoms. The van der Waals surface area contributed by atoms with Crippen LogP contribution in [0.15, 0.2) is 181 Å². The van der Waals surface area contributed by atoms with Gasteiger partial charge in [0.25, 0.3) is 0 Å². The van der Waals surface area contributed by atoms with Crippen LogP contribution in [-0.2, 0) is 49.5 Å². The maximum atomic E-state index is 5.24.